The van der Waals surface area contributed by atoms with Crippen molar-refractivity contribution >= 4 is 23.8 Å². The fourth-order valence-electron chi connectivity index (χ4n) is 3.78. The molecule has 1 aromatic carbocycles. The van der Waals surface area contributed by atoms with Crippen LogP contribution in [0.25, 0.3) is 11.1 Å². The van der Waals surface area contributed by atoms with Crippen molar-refractivity contribution in [3.8, 4) is 11.1 Å². The van der Waals surface area contributed by atoms with Gasteiger partial charge in [0.2, 0.25) is 5.91 Å². The molecule has 1 heterocycles. The van der Waals surface area contributed by atoms with Gasteiger partial charge in [-0.1, -0.05) is 6.07 Å². The standard InChI is InChI=1S/C21H24N4O/c1-13-2-6-18(25-21(26)17-8-16(9-17)14-3-4-14)10-19(13)15-5-7-20(23-11-15)24-12-22/h2,5-7,10-12,14,16-17H,3-4,8-9H2,1H3,(H,25,26)(H2,22,23,24). The highest BCUT2D eigenvalue weighted by atomic mass is 16.1. The Balaban J connectivity index is 1.46. The van der Waals surface area contributed by atoms with E-state index in [9.17, 15) is 4.79 Å². The average Bonchev–Trinajstić information content (AvgIpc) is 3.41. The van der Waals surface area contributed by atoms with Crippen LogP contribution < -0.4 is 11.1 Å². The minimum Gasteiger partial charge on any atom is -0.390 e. The number of benzene rings is 1. The number of hydrogen-bond acceptors (Lipinski definition) is 3. The molecule has 1 amide bonds. The van der Waals surface area contributed by atoms with Crippen molar-refractivity contribution in [1.82, 2.24) is 4.98 Å². The molecule has 4 rings (SSSR count). The second-order valence-electron chi connectivity index (χ2n) is 7.47. The van der Waals surface area contributed by atoms with Crippen molar-refractivity contribution < 1.29 is 4.79 Å². The van der Waals surface area contributed by atoms with E-state index in [1.54, 1.807) is 6.20 Å². The minimum atomic E-state index is 0.155. The van der Waals surface area contributed by atoms with Gasteiger partial charge in [-0.05, 0) is 79.8 Å². The first-order valence-corrected chi connectivity index (χ1v) is 9.26. The first kappa shape index (κ1) is 16.8. The fourth-order valence-corrected chi connectivity index (χ4v) is 3.78. The summed E-state index contributed by atoms with van der Waals surface area (Å²) >= 11 is 0. The summed E-state index contributed by atoms with van der Waals surface area (Å²) < 4.78 is 0. The molecule has 134 valence electrons. The highest BCUT2D eigenvalue weighted by Gasteiger charge is 2.42. The van der Waals surface area contributed by atoms with Gasteiger partial charge in [-0.25, -0.2) is 9.98 Å². The molecule has 0 spiro atoms. The van der Waals surface area contributed by atoms with E-state index in [0.29, 0.717) is 5.82 Å². The summed E-state index contributed by atoms with van der Waals surface area (Å²) in [5.41, 5.74) is 9.33. The zero-order valence-corrected chi connectivity index (χ0v) is 15.0. The number of carbonyl (C=O) groups excluding carboxylic acids is 1. The number of pyridine rings is 1. The molecule has 26 heavy (non-hydrogen) atoms. The lowest BCUT2D eigenvalue weighted by molar-refractivity contribution is -0.124. The number of aliphatic imine (C=N–C) groups is 1. The molecule has 0 atom stereocenters. The number of nitrogens with two attached hydrogens (primary N) is 1. The predicted molar refractivity (Wildman–Crippen MR) is 104 cm³/mol. The molecule has 2 aromatic rings. The van der Waals surface area contributed by atoms with E-state index >= 15 is 0 Å². The molecule has 0 bridgehead atoms. The number of amides is 1. The molecule has 0 unspecified atom stereocenters. The predicted octanol–water partition coefficient (Wildman–Crippen LogP) is 4.05. The second-order valence-corrected chi connectivity index (χ2v) is 7.47. The van der Waals surface area contributed by atoms with Crippen LogP contribution in [0.5, 0.6) is 0 Å². The maximum Gasteiger partial charge on any atom is 0.227 e. The van der Waals surface area contributed by atoms with Crippen LogP contribution in [0.3, 0.4) is 0 Å². The van der Waals surface area contributed by atoms with Crippen molar-refractivity contribution in [2.24, 2.45) is 28.5 Å². The minimum absolute atomic E-state index is 0.155. The molecule has 2 saturated carbocycles. The first-order chi connectivity index (χ1) is 12.6. The Morgan fingerprint density at radius 3 is 2.69 bits per heavy atom. The summed E-state index contributed by atoms with van der Waals surface area (Å²) in [5.74, 6) is 2.61. The number of nitrogens with zero attached hydrogens (tertiary/aromatic N) is 2. The highest BCUT2D eigenvalue weighted by Crippen LogP contribution is 2.49. The van der Waals surface area contributed by atoms with Crippen molar-refractivity contribution in [2.75, 3.05) is 5.32 Å². The lowest BCUT2D eigenvalue weighted by Gasteiger charge is -2.34. The zero-order valence-electron chi connectivity index (χ0n) is 15.0. The molecule has 5 nitrogen and oxygen atoms in total. The van der Waals surface area contributed by atoms with Crippen LogP contribution in [-0.4, -0.2) is 17.2 Å². The summed E-state index contributed by atoms with van der Waals surface area (Å²) in [4.78, 5) is 20.7. The van der Waals surface area contributed by atoms with Crippen LogP contribution in [0.4, 0.5) is 11.5 Å². The van der Waals surface area contributed by atoms with Crippen LogP contribution in [0, 0.1) is 24.7 Å². The lowest BCUT2D eigenvalue weighted by atomic mass is 9.72. The molecule has 2 fully saturated rings. The number of aryl methyl sites for hydroxylation is 1. The summed E-state index contributed by atoms with van der Waals surface area (Å²) in [5, 5.41) is 3.09. The van der Waals surface area contributed by atoms with Gasteiger partial charge in [0.25, 0.3) is 0 Å². The van der Waals surface area contributed by atoms with Crippen molar-refractivity contribution in [1.29, 1.82) is 0 Å². The highest BCUT2D eigenvalue weighted by molar-refractivity contribution is 5.94. The van der Waals surface area contributed by atoms with Crippen LogP contribution >= 0.6 is 0 Å². The molecule has 2 aliphatic rings. The van der Waals surface area contributed by atoms with Crippen LogP contribution in [0.15, 0.2) is 41.5 Å². The molecule has 1 aromatic heterocycles. The fraction of sp³-hybridized carbons (Fsp3) is 0.381. The summed E-state index contributed by atoms with van der Waals surface area (Å²) in [7, 11) is 0. The number of anilines is 1. The largest absolute Gasteiger partial charge is 0.390 e. The molecule has 5 heteroatoms. The SMILES string of the molecule is Cc1ccc(NC(=O)C2CC(C3CC3)C2)cc1-c1ccc(N=CN)nc1. The topological polar surface area (TPSA) is 80.4 Å². The van der Waals surface area contributed by atoms with Gasteiger partial charge in [0.1, 0.15) is 0 Å². The average molecular weight is 348 g/mol. The van der Waals surface area contributed by atoms with Crippen LogP contribution in [-0.2, 0) is 4.79 Å². The Hall–Kier alpha value is -2.69. The number of nitrogens with one attached hydrogen (secondary N) is 1. The van der Waals surface area contributed by atoms with Gasteiger partial charge in [0.15, 0.2) is 5.82 Å². The second kappa shape index (κ2) is 6.90. The number of carbonyl (C=O) groups is 1. The molecule has 2 aliphatic carbocycles. The van der Waals surface area contributed by atoms with Gasteiger partial charge < -0.3 is 11.1 Å². The number of hydrogen-bond donors (Lipinski definition) is 2. The van der Waals surface area contributed by atoms with Crippen molar-refractivity contribution in [3.05, 3.63) is 42.1 Å². The normalized spacial score (nSPS) is 22.2. The molecular formula is C21H24N4O. The summed E-state index contributed by atoms with van der Waals surface area (Å²) in [6.07, 6.45) is 7.86. The lowest BCUT2D eigenvalue weighted by Crippen LogP contribution is -2.35. The van der Waals surface area contributed by atoms with E-state index in [0.717, 1.165) is 47.1 Å². The monoisotopic (exact) mass is 348 g/mol. The van der Waals surface area contributed by atoms with E-state index in [4.69, 9.17) is 5.73 Å². The Morgan fingerprint density at radius 1 is 1.23 bits per heavy atom. The van der Waals surface area contributed by atoms with E-state index in [-0.39, 0.29) is 11.8 Å². The Morgan fingerprint density at radius 2 is 2.04 bits per heavy atom. The third kappa shape index (κ3) is 3.47. The van der Waals surface area contributed by atoms with E-state index in [2.05, 4.69) is 22.2 Å². The molecule has 0 aliphatic heterocycles. The Kier molecular flexibility index (Phi) is 4.45. The smallest absolute Gasteiger partial charge is 0.227 e. The zero-order chi connectivity index (χ0) is 18.1. The van der Waals surface area contributed by atoms with Crippen LogP contribution in [0.2, 0.25) is 0 Å². The van der Waals surface area contributed by atoms with Gasteiger partial charge in [0, 0.05) is 23.4 Å². The van der Waals surface area contributed by atoms with Crippen molar-refractivity contribution in [2.45, 2.75) is 32.6 Å². The maximum absolute atomic E-state index is 12.5. The van der Waals surface area contributed by atoms with Gasteiger partial charge >= 0.3 is 0 Å². The number of aromatic nitrogens is 1. The third-order valence-electron chi connectivity index (χ3n) is 5.60. The third-order valence-corrected chi connectivity index (χ3v) is 5.60. The quantitative estimate of drug-likeness (QED) is 0.632. The van der Waals surface area contributed by atoms with E-state index in [1.165, 1.54) is 19.2 Å². The number of rotatable bonds is 5. The molecule has 0 saturated heterocycles. The van der Waals surface area contributed by atoms with Gasteiger partial charge in [-0.15, -0.1) is 0 Å². The van der Waals surface area contributed by atoms with Gasteiger partial charge in [-0.3, -0.25) is 4.79 Å². The van der Waals surface area contributed by atoms with Crippen LogP contribution in [0.1, 0.15) is 31.2 Å². The molecule has 3 N–H and O–H groups in total. The molecular weight excluding hydrogens is 324 g/mol. The van der Waals surface area contributed by atoms with Crippen molar-refractivity contribution in [3.63, 3.8) is 0 Å². The van der Waals surface area contributed by atoms with E-state index < -0.39 is 0 Å². The molecule has 0 radical (unpaired) electrons. The Bertz CT molecular complexity index is 834. The van der Waals surface area contributed by atoms with E-state index in [1.807, 2.05) is 30.3 Å². The summed E-state index contributed by atoms with van der Waals surface area (Å²) in [6, 6.07) is 9.82. The summed E-state index contributed by atoms with van der Waals surface area (Å²) in [6.45, 7) is 2.05. The van der Waals surface area contributed by atoms with Gasteiger partial charge in [-0.2, -0.15) is 0 Å². The Labute approximate surface area is 153 Å². The van der Waals surface area contributed by atoms with Gasteiger partial charge in [0.05, 0.1) is 6.34 Å². The maximum atomic E-state index is 12.5. The first-order valence-electron chi connectivity index (χ1n) is 9.26.